The Kier molecular flexibility index (Phi) is 10.2. The standard InChI is InChI=1S/C40H41F3N6O8S/c1-22(50)44-29-11-6-4-2-3-5-9-25-20-39(25,38(53)48-58(54,55)27-17-18-27)47-35(51)30-19-26(21-49(30)37(29)52)56-36-33-32(28-10-7-8-12-31(28)57-33)45-34(46-36)23-13-15-24(16-14-23)40(41,42)43/h5,7-10,12-16,25-27,29-30H,2-4,6,11,17-21H2,1H3,(H,44,50)(H,47,51)(H,48,53)/b9-5-/t25-,26+,29-,30-,39+/m0/s1. The van der Waals surface area contributed by atoms with Gasteiger partial charge < -0.3 is 24.7 Å². The van der Waals surface area contributed by atoms with E-state index in [1.807, 2.05) is 12.2 Å². The van der Waals surface area contributed by atoms with Crippen LogP contribution in [0.3, 0.4) is 0 Å². The van der Waals surface area contributed by atoms with E-state index in [0.717, 1.165) is 25.0 Å². The second kappa shape index (κ2) is 15.0. The summed E-state index contributed by atoms with van der Waals surface area (Å²) in [5, 5.41) is 5.45. The fraction of sp³-hybridized carbons (Fsp3) is 0.450. The van der Waals surface area contributed by atoms with E-state index in [1.165, 1.54) is 24.0 Å². The molecule has 1 saturated heterocycles. The first-order valence-electron chi connectivity index (χ1n) is 19.3. The first-order chi connectivity index (χ1) is 27.6. The molecule has 3 fully saturated rings. The number of fused-ring (bicyclic) bond motifs is 5. The van der Waals surface area contributed by atoms with E-state index in [9.17, 15) is 40.8 Å². The number of nitrogens with one attached hydrogen (secondary N) is 3. The first-order valence-corrected chi connectivity index (χ1v) is 20.8. The molecule has 2 saturated carbocycles. The lowest BCUT2D eigenvalue weighted by Crippen LogP contribution is -2.58. The van der Waals surface area contributed by atoms with Crippen LogP contribution in [-0.2, 0) is 35.4 Å². The number of ether oxygens (including phenoxy) is 1. The molecular formula is C40H41F3N6O8S. The SMILES string of the molecule is CC(=O)N[C@H]1CCCCC/C=C\[C@H]2C[C@@]2(C(=O)NS(=O)(=O)C2CC2)NC(=O)[C@@H]2C[C@@H](Oc3nc(-c4ccc(C(F)(F)F)cc4)nc4c3oc3ccccc34)CN2C1=O. The zero-order valence-electron chi connectivity index (χ0n) is 31.4. The molecule has 0 radical (unpaired) electrons. The highest BCUT2D eigenvalue weighted by Crippen LogP contribution is 2.46. The Hall–Kier alpha value is -5.52. The predicted octanol–water partition coefficient (Wildman–Crippen LogP) is 4.92. The van der Waals surface area contributed by atoms with Crippen LogP contribution < -0.4 is 20.1 Å². The summed E-state index contributed by atoms with van der Waals surface area (Å²) in [4.78, 5) is 65.3. The first kappa shape index (κ1) is 39.3. The maximum atomic E-state index is 14.4. The van der Waals surface area contributed by atoms with Crippen molar-refractivity contribution in [3.8, 4) is 17.3 Å². The monoisotopic (exact) mass is 822 g/mol. The van der Waals surface area contributed by atoms with Gasteiger partial charge in [0.25, 0.3) is 11.8 Å². The molecule has 58 heavy (non-hydrogen) atoms. The lowest BCUT2D eigenvalue weighted by molar-refractivity contribution is -0.142. The molecule has 0 bridgehead atoms. The molecule has 4 aromatic rings. The molecule has 0 spiro atoms. The van der Waals surface area contributed by atoms with Gasteiger partial charge in [0, 0.05) is 30.2 Å². The number of para-hydroxylation sites is 1. The molecule has 3 N–H and O–H groups in total. The lowest BCUT2D eigenvalue weighted by atomic mass is 10.0. The number of allylic oxidation sites excluding steroid dienone is 1. The van der Waals surface area contributed by atoms with Crippen molar-refractivity contribution in [2.75, 3.05) is 6.54 Å². The molecule has 8 rings (SSSR count). The van der Waals surface area contributed by atoms with Crippen LogP contribution in [-0.4, -0.2) is 82.4 Å². The minimum atomic E-state index is -4.56. The van der Waals surface area contributed by atoms with Crippen molar-refractivity contribution in [2.45, 2.75) is 99.9 Å². The molecule has 0 unspecified atom stereocenters. The number of furan rings is 1. The van der Waals surface area contributed by atoms with Crippen LogP contribution in [0.25, 0.3) is 33.5 Å². The number of carbonyl (C=O) groups excluding carboxylic acids is 4. The van der Waals surface area contributed by atoms with Crippen LogP contribution in [0.2, 0.25) is 0 Å². The van der Waals surface area contributed by atoms with Gasteiger partial charge in [-0.25, -0.2) is 13.4 Å². The van der Waals surface area contributed by atoms with Gasteiger partial charge in [0.2, 0.25) is 33.3 Å². The van der Waals surface area contributed by atoms with E-state index < -0.39 is 80.3 Å². The topological polar surface area (TPSA) is 190 Å². The molecular weight excluding hydrogens is 782 g/mol. The number of aromatic nitrogens is 2. The molecule has 2 aromatic heterocycles. The zero-order valence-corrected chi connectivity index (χ0v) is 32.2. The van der Waals surface area contributed by atoms with E-state index in [0.29, 0.717) is 48.6 Å². The summed E-state index contributed by atoms with van der Waals surface area (Å²) in [5.74, 6) is -3.08. The largest absolute Gasteiger partial charge is 0.470 e. The maximum absolute atomic E-state index is 14.4. The quantitative estimate of drug-likeness (QED) is 0.216. The summed E-state index contributed by atoms with van der Waals surface area (Å²) in [5.41, 5.74) is -1.28. The van der Waals surface area contributed by atoms with Gasteiger partial charge in [0.1, 0.15) is 34.8 Å². The number of sulfonamides is 1. The third-order valence-corrected chi connectivity index (χ3v) is 13.0. The average molecular weight is 823 g/mol. The van der Waals surface area contributed by atoms with Crippen LogP contribution in [0.5, 0.6) is 5.88 Å². The minimum Gasteiger partial charge on any atom is -0.470 e. The Morgan fingerprint density at radius 2 is 1.78 bits per heavy atom. The highest BCUT2D eigenvalue weighted by molar-refractivity contribution is 7.91. The fourth-order valence-corrected chi connectivity index (χ4v) is 9.20. The second-order valence-electron chi connectivity index (χ2n) is 15.5. The van der Waals surface area contributed by atoms with Crippen molar-refractivity contribution in [3.05, 3.63) is 66.2 Å². The molecule has 2 aromatic carbocycles. The lowest BCUT2D eigenvalue weighted by Gasteiger charge is -2.29. The second-order valence-corrected chi connectivity index (χ2v) is 17.4. The molecule has 4 aliphatic rings. The molecule has 5 atom stereocenters. The molecule has 4 heterocycles. The number of rotatable bonds is 7. The number of carbonyl (C=O) groups is 4. The van der Waals surface area contributed by atoms with Gasteiger partial charge in [0.05, 0.1) is 17.4 Å². The number of hydrogen-bond acceptors (Lipinski definition) is 10. The van der Waals surface area contributed by atoms with E-state index in [-0.39, 0.29) is 42.2 Å². The van der Waals surface area contributed by atoms with Crippen LogP contribution >= 0.6 is 0 Å². The number of hydrogen-bond donors (Lipinski definition) is 3. The fourth-order valence-electron chi connectivity index (χ4n) is 7.83. The normalized spacial score (nSPS) is 26.2. The van der Waals surface area contributed by atoms with Crippen molar-refractivity contribution in [3.63, 3.8) is 0 Å². The molecule has 18 heteroatoms. The molecule has 306 valence electrons. The van der Waals surface area contributed by atoms with Crippen LogP contribution in [0.15, 0.2) is 65.1 Å². The van der Waals surface area contributed by atoms with E-state index in [2.05, 4.69) is 25.3 Å². The minimum absolute atomic E-state index is 0.0390. The summed E-state index contributed by atoms with van der Waals surface area (Å²) in [6, 6.07) is 9.11. The van der Waals surface area contributed by atoms with Gasteiger partial charge in [0.15, 0.2) is 5.82 Å². The van der Waals surface area contributed by atoms with Gasteiger partial charge >= 0.3 is 6.18 Å². The Bertz CT molecular complexity index is 2430. The van der Waals surface area contributed by atoms with E-state index >= 15 is 0 Å². The summed E-state index contributed by atoms with van der Waals surface area (Å²) in [7, 11) is -3.95. The summed E-state index contributed by atoms with van der Waals surface area (Å²) in [6.07, 6.45) is 2.20. The number of nitrogens with zero attached hydrogens (tertiary/aromatic N) is 3. The average Bonchev–Trinajstić information content (AvgIpc) is 4.08. The molecule has 2 aliphatic carbocycles. The molecule has 4 amide bonds. The van der Waals surface area contributed by atoms with Crippen LogP contribution in [0.1, 0.15) is 70.3 Å². The van der Waals surface area contributed by atoms with Crippen molar-refractivity contribution in [2.24, 2.45) is 5.92 Å². The summed E-state index contributed by atoms with van der Waals surface area (Å²) < 4.78 is 80.7. The van der Waals surface area contributed by atoms with Crippen molar-refractivity contribution in [1.82, 2.24) is 30.2 Å². The number of benzene rings is 2. The van der Waals surface area contributed by atoms with Gasteiger partial charge in [-0.1, -0.05) is 49.3 Å². The van der Waals surface area contributed by atoms with Gasteiger partial charge in [-0.2, -0.15) is 18.2 Å². The predicted molar refractivity (Wildman–Crippen MR) is 203 cm³/mol. The van der Waals surface area contributed by atoms with Crippen LogP contribution in [0, 0.1) is 5.92 Å². The van der Waals surface area contributed by atoms with Gasteiger partial charge in [-0.05, 0) is 62.8 Å². The number of halogens is 3. The summed E-state index contributed by atoms with van der Waals surface area (Å²) in [6.45, 7) is 1.13. The van der Waals surface area contributed by atoms with Crippen molar-refractivity contribution in [1.29, 1.82) is 0 Å². The van der Waals surface area contributed by atoms with Gasteiger partial charge in [-0.3, -0.25) is 23.9 Å². The number of alkyl halides is 3. The Morgan fingerprint density at radius 3 is 2.50 bits per heavy atom. The van der Waals surface area contributed by atoms with E-state index in [1.54, 1.807) is 24.3 Å². The van der Waals surface area contributed by atoms with Crippen LogP contribution in [0.4, 0.5) is 13.2 Å². The number of amides is 4. The Balaban J connectivity index is 1.14. The van der Waals surface area contributed by atoms with Crippen molar-refractivity contribution < 1.29 is 49.9 Å². The third-order valence-electron chi connectivity index (χ3n) is 11.2. The molecule has 2 aliphatic heterocycles. The van der Waals surface area contributed by atoms with Crippen molar-refractivity contribution >= 4 is 55.7 Å². The van der Waals surface area contributed by atoms with E-state index in [4.69, 9.17) is 9.15 Å². The third kappa shape index (κ3) is 7.85. The van der Waals surface area contributed by atoms with Gasteiger partial charge in [-0.15, -0.1) is 0 Å². The highest BCUT2D eigenvalue weighted by atomic mass is 32.2. The maximum Gasteiger partial charge on any atom is 0.416 e. The zero-order chi connectivity index (χ0) is 41.0. The summed E-state index contributed by atoms with van der Waals surface area (Å²) >= 11 is 0. The highest BCUT2D eigenvalue weighted by Gasteiger charge is 2.62. The smallest absolute Gasteiger partial charge is 0.416 e. The molecule has 14 nitrogen and oxygen atoms in total. The Morgan fingerprint density at radius 1 is 1.02 bits per heavy atom. The Labute approximate surface area is 331 Å².